The molecule has 0 unspecified atom stereocenters. The maximum absolute atomic E-state index is 11.5. The van der Waals surface area contributed by atoms with Crippen LogP contribution >= 0.6 is 0 Å². The van der Waals surface area contributed by atoms with Crippen LogP contribution in [-0.4, -0.2) is 20.5 Å². The summed E-state index contributed by atoms with van der Waals surface area (Å²) in [5, 5.41) is 14.2. The van der Waals surface area contributed by atoms with Crippen LogP contribution in [0.2, 0.25) is 0 Å². The monoisotopic (exact) mass is 209 g/mol. The second-order valence-corrected chi connectivity index (χ2v) is 3.64. The summed E-state index contributed by atoms with van der Waals surface area (Å²) in [6.45, 7) is 0. The third-order valence-electron chi connectivity index (χ3n) is 2.62. The number of aromatic nitrogens is 2. The molecule has 6 heteroatoms. The smallest absolute Gasteiger partial charge is 0.358 e. The van der Waals surface area contributed by atoms with E-state index in [0.717, 1.165) is 19.3 Å². The minimum absolute atomic E-state index is 0.124. The van der Waals surface area contributed by atoms with E-state index in [4.69, 9.17) is 0 Å². The van der Waals surface area contributed by atoms with Crippen LogP contribution in [-0.2, 0) is 4.79 Å². The summed E-state index contributed by atoms with van der Waals surface area (Å²) in [5.74, 6) is -0.0763. The van der Waals surface area contributed by atoms with E-state index in [0.29, 0.717) is 6.42 Å². The van der Waals surface area contributed by atoms with Crippen molar-refractivity contribution in [2.75, 3.05) is 0 Å². The van der Waals surface area contributed by atoms with Crippen molar-refractivity contribution in [2.45, 2.75) is 31.7 Å². The van der Waals surface area contributed by atoms with E-state index >= 15 is 0 Å². The summed E-state index contributed by atoms with van der Waals surface area (Å²) in [4.78, 5) is 21.4. The Balaban J connectivity index is 2.20. The zero-order chi connectivity index (χ0) is 10.8. The topological polar surface area (TPSA) is 78.0 Å². The number of hydrogen-bond donors (Lipinski definition) is 0. The number of nitro groups is 1. The van der Waals surface area contributed by atoms with E-state index in [1.807, 2.05) is 0 Å². The average Bonchev–Trinajstić information content (AvgIpc) is 2.67. The van der Waals surface area contributed by atoms with Gasteiger partial charge in [-0.25, -0.2) is 0 Å². The molecule has 0 bridgehead atoms. The molecule has 15 heavy (non-hydrogen) atoms. The molecule has 0 aromatic carbocycles. The van der Waals surface area contributed by atoms with Gasteiger partial charge in [-0.1, -0.05) is 6.42 Å². The highest BCUT2D eigenvalue weighted by Gasteiger charge is 2.27. The van der Waals surface area contributed by atoms with Crippen molar-refractivity contribution in [3.63, 3.8) is 0 Å². The van der Waals surface area contributed by atoms with Crippen LogP contribution in [0, 0.1) is 10.1 Å². The molecule has 1 saturated carbocycles. The van der Waals surface area contributed by atoms with Crippen molar-refractivity contribution in [1.29, 1.82) is 0 Å². The van der Waals surface area contributed by atoms with Gasteiger partial charge in [0.05, 0.1) is 17.4 Å². The fraction of sp³-hybridized carbons (Fsp3) is 0.556. The minimum atomic E-state index is -0.552. The number of nitrogens with zero attached hydrogens (tertiary/aromatic N) is 3. The van der Waals surface area contributed by atoms with Gasteiger partial charge in [-0.15, -0.1) is 0 Å². The molecule has 1 fully saturated rings. The molecule has 0 aliphatic heterocycles. The summed E-state index contributed by atoms with van der Waals surface area (Å²) < 4.78 is 1.42. The molecular formula is C9H11N3O3. The molecule has 0 spiro atoms. The fourth-order valence-corrected chi connectivity index (χ4v) is 1.84. The van der Waals surface area contributed by atoms with Gasteiger partial charge in [-0.2, -0.15) is 4.68 Å². The Morgan fingerprint density at radius 1 is 1.53 bits per heavy atom. The second-order valence-electron chi connectivity index (χ2n) is 3.64. The minimum Gasteiger partial charge on any atom is -0.358 e. The number of carbonyl (C=O) groups is 1. The number of ketones is 1. The Bertz CT molecular complexity index is 399. The lowest BCUT2D eigenvalue weighted by Gasteiger charge is -2.17. The molecule has 0 saturated heterocycles. The van der Waals surface area contributed by atoms with Crippen LogP contribution in [0.15, 0.2) is 12.3 Å². The predicted octanol–water partition coefficient (Wildman–Crippen LogP) is 1.48. The Labute approximate surface area is 86.0 Å². The highest BCUT2D eigenvalue weighted by atomic mass is 16.6. The van der Waals surface area contributed by atoms with Crippen LogP contribution in [0.4, 0.5) is 5.82 Å². The molecule has 1 aliphatic rings. The van der Waals surface area contributed by atoms with E-state index in [9.17, 15) is 14.9 Å². The van der Waals surface area contributed by atoms with Gasteiger partial charge in [0.2, 0.25) is 0 Å². The van der Waals surface area contributed by atoms with Gasteiger partial charge < -0.3 is 10.1 Å². The molecule has 1 atom stereocenters. The molecule has 1 aliphatic carbocycles. The van der Waals surface area contributed by atoms with Crippen molar-refractivity contribution in [1.82, 2.24) is 9.78 Å². The van der Waals surface area contributed by atoms with Crippen molar-refractivity contribution < 1.29 is 9.72 Å². The van der Waals surface area contributed by atoms with Crippen LogP contribution in [0.1, 0.15) is 31.7 Å². The van der Waals surface area contributed by atoms with Crippen molar-refractivity contribution in [2.24, 2.45) is 0 Å². The number of Topliss-reactive ketones (excluding diaryl/α,β-unsaturated/α-hetero) is 1. The van der Waals surface area contributed by atoms with Crippen molar-refractivity contribution in [3.8, 4) is 0 Å². The highest BCUT2D eigenvalue weighted by molar-refractivity contribution is 5.83. The standard InChI is InChI=1S/C9H11N3O3/c13-8-4-2-1-3-7(8)11-6-5-9(10-11)12(14)15/h5-7H,1-4H2/t7-/m0/s1. The molecule has 1 aromatic rings. The second kappa shape index (κ2) is 3.80. The van der Waals surface area contributed by atoms with E-state index in [1.54, 1.807) is 0 Å². The first kappa shape index (κ1) is 9.82. The van der Waals surface area contributed by atoms with Crippen LogP contribution in [0.25, 0.3) is 0 Å². The van der Waals surface area contributed by atoms with Crippen molar-refractivity contribution >= 4 is 11.6 Å². The van der Waals surface area contributed by atoms with Crippen LogP contribution < -0.4 is 0 Å². The predicted molar refractivity (Wildman–Crippen MR) is 51.4 cm³/mol. The van der Waals surface area contributed by atoms with Gasteiger partial charge in [0.25, 0.3) is 0 Å². The summed E-state index contributed by atoms with van der Waals surface area (Å²) in [6.07, 6.45) is 4.69. The third-order valence-corrected chi connectivity index (χ3v) is 2.62. The van der Waals surface area contributed by atoms with Gasteiger partial charge in [0.1, 0.15) is 6.04 Å². The van der Waals surface area contributed by atoms with Gasteiger partial charge >= 0.3 is 5.82 Å². The Morgan fingerprint density at radius 3 is 2.93 bits per heavy atom. The first-order valence-electron chi connectivity index (χ1n) is 4.91. The summed E-state index contributed by atoms with van der Waals surface area (Å²) in [7, 11) is 0. The van der Waals surface area contributed by atoms with E-state index in [1.165, 1.54) is 16.9 Å². The largest absolute Gasteiger partial charge is 0.389 e. The number of carbonyl (C=O) groups excluding carboxylic acids is 1. The zero-order valence-electron chi connectivity index (χ0n) is 8.13. The average molecular weight is 209 g/mol. The molecule has 0 radical (unpaired) electrons. The fourth-order valence-electron chi connectivity index (χ4n) is 1.84. The summed E-state index contributed by atoms with van der Waals surface area (Å²) in [6, 6.07) is 1.02. The maximum atomic E-state index is 11.5. The third kappa shape index (κ3) is 1.88. The molecule has 80 valence electrons. The molecule has 2 rings (SSSR count). The quantitative estimate of drug-likeness (QED) is 0.545. The summed E-state index contributed by atoms with van der Waals surface area (Å²) >= 11 is 0. The Morgan fingerprint density at radius 2 is 2.33 bits per heavy atom. The van der Waals surface area contributed by atoms with Gasteiger partial charge in [-0.05, 0) is 17.8 Å². The van der Waals surface area contributed by atoms with E-state index < -0.39 is 4.92 Å². The van der Waals surface area contributed by atoms with Crippen molar-refractivity contribution in [3.05, 3.63) is 22.4 Å². The SMILES string of the molecule is O=C1CCCC[C@@H]1n1ccc([N+](=O)[O-])n1. The van der Waals surface area contributed by atoms with Crippen LogP contribution in [0.5, 0.6) is 0 Å². The van der Waals surface area contributed by atoms with E-state index in [-0.39, 0.29) is 17.6 Å². The van der Waals surface area contributed by atoms with Gasteiger partial charge in [0.15, 0.2) is 5.78 Å². The molecule has 6 nitrogen and oxygen atoms in total. The molecule has 1 aromatic heterocycles. The number of hydrogen-bond acceptors (Lipinski definition) is 4. The Hall–Kier alpha value is -1.72. The first-order chi connectivity index (χ1) is 7.18. The lowest BCUT2D eigenvalue weighted by molar-refractivity contribution is -0.389. The Kier molecular flexibility index (Phi) is 2.49. The molecule has 0 amide bonds. The number of rotatable bonds is 2. The van der Waals surface area contributed by atoms with E-state index in [2.05, 4.69) is 5.10 Å². The maximum Gasteiger partial charge on any atom is 0.389 e. The normalized spacial score (nSPS) is 21.6. The first-order valence-corrected chi connectivity index (χ1v) is 4.91. The van der Waals surface area contributed by atoms with Gasteiger partial charge in [0, 0.05) is 6.42 Å². The molecule has 0 N–H and O–H groups in total. The lowest BCUT2D eigenvalue weighted by Crippen LogP contribution is -2.23. The lowest BCUT2D eigenvalue weighted by atomic mass is 9.94. The molecule has 1 heterocycles. The van der Waals surface area contributed by atoms with Gasteiger partial charge in [-0.3, -0.25) is 4.79 Å². The zero-order valence-corrected chi connectivity index (χ0v) is 8.13. The molecular weight excluding hydrogens is 198 g/mol. The summed E-state index contributed by atoms with van der Waals surface area (Å²) in [5.41, 5.74) is 0. The highest BCUT2D eigenvalue weighted by Crippen LogP contribution is 2.25. The van der Waals surface area contributed by atoms with Crippen LogP contribution in [0.3, 0.4) is 0 Å².